The van der Waals surface area contributed by atoms with Gasteiger partial charge in [0.05, 0.1) is 11.4 Å². The number of piperidine rings is 1. The summed E-state index contributed by atoms with van der Waals surface area (Å²) in [7, 11) is 0. The highest BCUT2D eigenvalue weighted by Gasteiger charge is 2.20. The highest BCUT2D eigenvalue weighted by atomic mass is 15.2. The number of hydrogen-bond acceptors (Lipinski definition) is 4. The number of imidazole rings is 1. The lowest BCUT2D eigenvalue weighted by Crippen LogP contribution is -2.40. The zero-order valence-electron chi connectivity index (χ0n) is 16.7. The van der Waals surface area contributed by atoms with Gasteiger partial charge in [-0.3, -0.25) is 0 Å². The van der Waals surface area contributed by atoms with Gasteiger partial charge in [0.15, 0.2) is 0 Å². The first-order valence-electron chi connectivity index (χ1n) is 9.90. The lowest BCUT2D eigenvalue weighted by Gasteiger charge is -2.31. The maximum absolute atomic E-state index is 6.06. The number of hydrogen-bond donors (Lipinski definition) is 1. The second kappa shape index (κ2) is 6.97. The molecule has 0 unspecified atom stereocenters. The number of pyridine rings is 2. The number of fused-ring (bicyclic) bond motifs is 1. The number of anilines is 1. The van der Waals surface area contributed by atoms with Gasteiger partial charge in [-0.1, -0.05) is 13.8 Å². The molecular weight excluding hydrogens is 334 g/mol. The van der Waals surface area contributed by atoms with Crippen LogP contribution in [0.4, 0.5) is 5.82 Å². The van der Waals surface area contributed by atoms with E-state index in [-0.39, 0.29) is 0 Å². The molecule has 1 aliphatic rings. The summed E-state index contributed by atoms with van der Waals surface area (Å²) < 4.78 is 2.13. The average molecular weight is 364 g/mol. The fraction of sp³-hybridized carbons (Fsp3) is 0.455. The minimum Gasteiger partial charge on any atom is -0.356 e. The third-order valence-electron chi connectivity index (χ3n) is 5.49. The summed E-state index contributed by atoms with van der Waals surface area (Å²) in [6, 6.07) is 6.95. The molecule has 1 fully saturated rings. The van der Waals surface area contributed by atoms with Gasteiger partial charge in [-0.05, 0) is 56.4 Å². The first-order valence-corrected chi connectivity index (χ1v) is 9.90. The summed E-state index contributed by atoms with van der Waals surface area (Å²) in [5, 5.41) is 0. The molecule has 0 saturated carbocycles. The number of aryl methyl sites for hydroxylation is 2. The van der Waals surface area contributed by atoms with Crippen LogP contribution in [0.5, 0.6) is 0 Å². The predicted octanol–water partition coefficient (Wildman–Crippen LogP) is 4.06. The highest BCUT2D eigenvalue weighted by molar-refractivity contribution is 5.70. The molecule has 4 heterocycles. The van der Waals surface area contributed by atoms with Crippen LogP contribution in [-0.4, -0.2) is 33.5 Å². The second-order valence-corrected chi connectivity index (χ2v) is 8.11. The van der Waals surface area contributed by atoms with Crippen molar-refractivity contribution >= 4 is 11.5 Å². The first kappa shape index (κ1) is 18.0. The van der Waals surface area contributed by atoms with Crippen molar-refractivity contribution in [2.24, 2.45) is 5.73 Å². The maximum atomic E-state index is 6.06. The van der Waals surface area contributed by atoms with E-state index in [4.69, 9.17) is 10.7 Å². The summed E-state index contributed by atoms with van der Waals surface area (Å²) >= 11 is 0. The van der Waals surface area contributed by atoms with Crippen molar-refractivity contribution in [2.45, 2.75) is 52.5 Å². The molecule has 2 N–H and O–H groups in total. The molecule has 1 aliphatic heterocycles. The molecule has 1 saturated heterocycles. The van der Waals surface area contributed by atoms with Crippen LogP contribution in [0.3, 0.4) is 0 Å². The SMILES string of the molecule is Cc1cn2cc(-c3ccc(N4CCC(N)CC4)nc3C(C)C)cc(C)c2n1. The number of aromatic nitrogens is 3. The number of nitrogens with zero attached hydrogens (tertiary/aromatic N) is 4. The van der Waals surface area contributed by atoms with Crippen molar-refractivity contribution in [3.8, 4) is 11.1 Å². The van der Waals surface area contributed by atoms with Crippen molar-refractivity contribution in [2.75, 3.05) is 18.0 Å². The number of rotatable bonds is 3. The molecule has 0 amide bonds. The van der Waals surface area contributed by atoms with Gasteiger partial charge in [0.2, 0.25) is 0 Å². The Balaban J connectivity index is 1.76. The summed E-state index contributed by atoms with van der Waals surface area (Å²) in [5.41, 5.74) is 12.9. The van der Waals surface area contributed by atoms with Crippen LogP contribution < -0.4 is 10.6 Å². The minimum atomic E-state index is 0.332. The van der Waals surface area contributed by atoms with E-state index < -0.39 is 0 Å². The van der Waals surface area contributed by atoms with Crippen molar-refractivity contribution in [3.05, 3.63) is 47.5 Å². The van der Waals surface area contributed by atoms with Crippen LogP contribution in [0.15, 0.2) is 30.6 Å². The maximum Gasteiger partial charge on any atom is 0.139 e. The van der Waals surface area contributed by atoms with Crippen LogP contribution in [0, 0.1) is 13.8 Å². The fourth-order valence-corrected chi connectivity index (χ4v) is 3.99. The van der Waals surface area contributed by atoms with Gasteiger partial charge in [0, 0.05) is 42.7 Å². The van der Waals surface area contributed by atoms with E-state index in [9.17, 15) is 0 Å². The van der Waals surface area contributed by atoms with Gasteiger partial charge in [0.1, 0.15) is 11.5 Å². The summed E-state index contributed by atoms with van der Waals surface area (Å²) in [6.45, 7) is 10.6. The Labute approximate surface area is 161 Å². The Kier molecular flexibility index (Phi) is 4.64. The molecule has 0 aromatic carbocycles. The van der Waals surface area contributed by atoms with E-state index in [0.29, 0.717) is 12.0 Å². The molecular formula is C22H29N5. The topological polar surface area (TPSA) is 59.5 Å². The molecule has 0 aliphatic carbocycles. The number of nitrogens with two attached hydrogens (primary N) is 1. The molecule has 0 atom stereocenters. The van der Waals surface area contributed by atoms with Gasteiger partial charge in [-0.15, -0.1) is 0 Å². The largest absolute Gasteiger partial charge is 0.356 e. The standard InChI is InChI=1S/C22H29N5/c1-14(2)21-19(5-6-20(25-21)26-9-7-18(23)8-10-26)17-11-15(3)22-24-16(4)12-27(22)13-17/h5-6,11-14,18H,7-10,23H2,1-4H3. The van der Waals surface area contributed by atoms with E-state index in [2.05, 4.69) is 65.6 Å². The van der Waals surface area contributed by atoms with Crippen molar-refractivity contribution in [1.82, 2.24) is 14.4 Å². The quantitative estimate of drug-likeness (QED) is 0.762. The van der Waals surface area contributed by atoms with Crippen molar-refractivity contribution < 1.29 is 0 Å². The predicted molar refractivity (Wildman–Crippen MR) is 111 cm³/mol. The monoisotopic (exact) mass is 363 g/mol. The first-order chi connectivity index (χ1) is 12.9. The van der Waals surface area contributed by atoms with E-state index in [0.717, 1.165) is 48.8 Å². The van der Waals surface area contributed by atoms with E-state index in [1.807, 2.05) is 6.92 Å². The van der Waals surface area contributed by atoms with Crippen LogP contribution in [-0.2, 0) is 0 Å². The third kappa shape index (κ3) is 3.44. The molecule has 0 radical (unpaired) electrons. The lowest BCUT2D eigenvalue weighted by molar-refractivity contribution is 0.498. The van der Waals surface area contributed by atoms with Gasteiger partial charge in [0.25, 0.3) is 0 Å². The van der Waals surface area contributed by atoms with E-state index in [1.54, 1.807) is 0 Å². The normalized spacial score (nSPS) is 15.9. The molecule has 5 nitrogen and oxygen atoms in total. The van der Waals surface area contributed by atoms with Gasteiger partial charge < -0.3 is 15.0 Å². The molecule has 0 bridgehead atoms. The average Bonchev–Trinajstić information content (AvgIpc) is 3.03. The van der Waals surface area contributed by atoms with Gasteiger partial charge >= 0.3 is 0 Å². The van der Waals surface area contributed by atoms with Crippen LogP contribution >= 0.6 is 0 Å². The van der Waals surface area contributed by atoms with Crippen molar-refractivity contribution in [3.63, 3.8) is 0 Å². The van der Waals surface area contributed by atoms with Crippen LogP contribution in [0.25, 0.3) is 16.8 Å². The minimum absolute atomic E-state index is 0.332. The molecule has 4 rings (SSSR count). The Morgan fingerprint density at radius 3 is 2.52 bits per heavy atom. The zero-order valence-corrected chi connectivity index (χ0v) is 16.7. The molecule has 142 valence electrons. The molecule has 5 heteroatoms. The van der Waals surface area contributed by atoms with E-state index in [1.165, 1.54) is 16.7 Å². The Morgan fingerprint density at radius 1 is 1.07 bits per heavy atom. The van der Waals surface area contributed by atoms with Crippen LogP contribution in [0.2, 0.25) is 0 Å². The highest BCUT2D eigenvalue weighted by Crippen LogP contribution is 2.32. The van der Waals surface area contributed by atoms with E-state index >= 15 is 0 Å². The van der Waals surface area contributed by atoms with Gasteiger partial charge in [-0.2, -0.15) is 0 Å². The summed E-state index contributed by atoms with van der Waals surface area (Å²) in [6.07, 6.45) is 6.33. The fourth-order valence-electron chi connectivity index (χ4n) is 3.99. The smallest absolute Gasteiger partial charge is 0.139 e. The Morgan fingerprint density at radius 2 is 1.81 bits per heavy atom. The molecule has 27 heavy (non-hydrogen) atoms. The zero-order chi connectivity index (χ0) is 19.1. The third-order valence-corrected chi connectivity index (χ3v) is 5.49. The summed E-state index contributed by atoms with van der Waals surface area (Å²) in [5.74, 6) is 1.43. The second-order valence-electron chi connectivity index (χ2n) is 8.11. The Bertz CT molecular complexity index is 964. The lowest BCUT2D eigenvalue weighted by atomic mass is 9.97. The molecule has 3 aromatic rings. The summed E-state index contributed by atoms with van der Waals surface area (Å²) in [4.78, 5) is 12.1. The van der Waals surface area contributed by atoms with Gasteiger partial charge in [-0.25, -0.2) is 9.97 Å². The Hall–Kier alpha value is -2.40. The molecule has 0 spiro atoms. The van der Waals surface area contributed by atoms with Crippen LogP contribution in [0.1, 0.15) is 49.6 Å². The van der Waals surface area contributed by atoms with Crippen molar-refractivity contribution in [1.29, 1.82) is 0 Å². The molecule has 3 aromatic heterocycles.